The summed E-state index contributed by atoms with van der Waals surface area (Å²) in [6.45, 7) is 4.57. The standard InChI is InChI=1S/C22H20ClN3OS/c1-13(2)14-7-9-15(10-8-14)26-11-19(27)20(21(26)24)22-25-18(12-28-22)16-5-3-4-6-17(16)23/h3-10,12-13,24,27H,11H2,1-2H3. The summed E-state index contributed by atoms with van der Waals surface area (Å²) in [4.78, 5) is 6.44. The van der Waals surface area contributed by atoms with Crippen LogP contribution < -0.4 is 4.90 Å². The van der Waals surface area contributed by atoms with E-state index in [1.54, 1.807) is 4.90 Å². The summed E-state index contributed by atoms with van der Waals surface area (Å²) < 4.78 is 0. The number of aliphatic hydroxyl groups excluding tert-OH is 1. The predicted molar refractivity (Wildman–Crippen MR) is 118 cm³/mol. The summed E-state index contributed by atoms with van der Waals surface area (Å²) in [5, 5.41) is 22.3. The summed E-state index contributed by atoms with van der Waals surface area (Å²) >= 11 is 7.68. The first kappa shape index (κ1) is 18.7. The molecule has 0 saturated heterocycles. The molecule has 0 amide bonds. The van der Waals surface area contributed by atoms with E-state index in [-0.39, 0.29) is 18.1 Å². The molecule has 4 rings (SSSR count). The van der Waals surface area contributed by atoms with Crippen molar-refractivity contribution in [1.29, 1.82) is 5.41 Å². The lowest BCUT2D eigenvalue weighted by Crippen LogP contribution is -2.26. The van der Waals surface area contributed by atoms with Crippen LogP contribution in [0.5, 0.6) is 0 Å². The summed E-state index contributed by atoms with van der Waals surface area (Å²) in [6.07, 6.45) is 0. The van der Waals surface area contributed by atoms with Gasteiger partial charge in [0.1, 0.15) is 16.6 Å². The molecule has 0 aliphatic carbocycles. The van der Waals surface area contributed by atoms with Crippen molar-refractivity contribution >= 4 is 40.0 Å². The van der Waals surface area contributed by atoms with Gasteiger partial charge in [-0.3, -0.25) is 5.41 Å². The van der Waals surface area contributed by atoms with Gasteiger partial charge in [0.05, 0.1) is 17.8 Å². The van der Waals surface area contributed by atoms with Crippen molar-refractivity contribution in [2.75, 3.05) is 11.4 Å². The summed E-state index contributed by atoms with van der Waals surface area (Å²) in [7, 11) is 0. The number of nitrogens with zero attached hydrogens (tertiary/aromatic N) is 2. The Bertz CT molecular complexity index is 1070. The van der Waals surface area contributed by atoms with Gasteiger partial charge in [0.25, 0.3) is 0 Å². The molecule has 2 aromatic carbocycles. The van der Waals surface area contributed by atoms with Crippen molar-refractivity contribution in [3.63, 3.8) is 0 Å². The van der Waals surface area contributed by atoms with Gasteiger partial charge in [0.2, 0.25) is 0 Å². The van der Waals surface area contributed by atoms with Crippen LogP contribution in [0.2, 0.25) is 5.02 Å². The highest BCUT2D eigenvalue weighted by atomic mass is 35.5. The monoisotopic (exact) mass is 409 g/mol. The molecule has 1 aliphatic rings. The normalized spacial score (nSPS) is 14.4. The lowest BCUT2D eigenvalue weighted by atomic mass is 10.0. The molecule has 0 bridgehead atoms. The van der Waals surface area contributed by atoms with Crippen molar-refractivity contribution in [2.24, 2.45) is 0 Å². The summed E-state index contributed by atoms with van der Waals surface area (Å²) in [6, 6.07) is 15.7. The number of benzene rings is 2. The third-order valence-electron chi connectivity index (χ3n) is 4.84. The molecule has 0 unspecified atom stereocenters. The predicted octanol–water partition coefficient (Wildman–Crippen LogP) is 6.35. The quantitative estimate of drug-likeness (QED) is 0.527. The van der Waals surface area contributed by atoms with Crippen LogP contribution in [-0.4, -0.2) is 22.5 Å². The van der Waals surface area contributed by atoms with Crippen LogP contribution in [-0.2, 0) is 0 Å². The number of hydrogen-bond acceptors (Lipinski definition) is 4. The number of hydrogen-bond donors (Lipinski definition) is 2. The fraction of sp³-hybridized carbons (Fsp3) is 0.182. The van der Waals surface area contributed by atoms with E-state index in [1.165, 1.54) is 16.9 Å². The van der Waals surface area contributed by atoms with Crippen LogP contribution in [0.3, 0.4) is 0 Å². The molecule has 2 heterocycles. The van der Waals surface area contributed by atoms with Crippen LogP contribution in [0, 0.1) is 5.41 Å². The van der Waals surface area contributed by atoms with Crippen molar-refractivity contribution in [2.45, 2.75) is 19.8 Å². The minimum absolute atomic E-state index is 0.165. The number of thiazole rings is 1. The van der Waals surface area contributed by atoms with E-state index < -0.39 is 0 Å². The molecule has 3 aromatic rings. The average molecular weight is 410 g/mol. The van der Waals surface area contributed by atoms with Crippen molar-refractivity contribution < 1.29 is 5.11 Å². The molecule has 6 heteroatoms. The highest BCUT2D eigenvalue weighted by Gasteiger charge is 2.31. The van der Waals surface area contributed by atoms with Crippen molar-refractivity contribution in [3.05, 3.63) is 75.3 Å². The van der Waals surface area contributed by atoms with Gasteiger partial charge in [-0.1, -0.05) is 55.8 Å². The Balaban J connectivity index is 1.62. The number of rotatable bonds is 4. The highest BCUT2D eigenvalue weighted by molar-refractivity contribution is 7.11. The van der Waals surface area contributed by atoms with Gasteiger partial charge >= 0.3 is 0 Å². The molecule has 28 heavy (non-hydrogen) atoms. The molecule has 0 fully saturated rings. The first-order chi connectivity index (χ1) is 13.5. The number of amidine groups is 1. The van der Waals surface area contributed by atoms with E-state index in [0.717, 1.165) is 16.9 Å². The van der Waals surface area contributed by atoms with Gasteiger partial charge in [-0.25, -0.2) is 4.98 Å². The first-order valence-corrected chi connectivity index (χ1v) is 10.3. The lowest BCUT2D eigenvalue weighted by molar-refractivity contribution is 0.411. The van der Waals surface area contributed by atoms with Crippen LogP contribution in [0.1, 0.15) is 30.3 Å². The van der Waals surface area contributed by atoms with Gasteiger partial charge in [-0.05, 0) is 29.7 Å². The largest absolute Gasteiger partial charge is 0.510 e. The van der Waals surface area contributed by atoms with Gasteiger partial charge in [0.15, 0.2) is 0 Å². The van der Waals surface area contributed by atoms with Crippen LogP contribution in [0.4, 0.5) is 5.69 Å². The third-order valence-corrected chi connectivity index (χ3v) is 6.03. The maximum Gasteiger partial charge on any atom is 0.139 e. The Hall–Kier alpha value is -2.63. The molecule has 0 atom stereocenters. The zero-order valence-electron chi connectivity index (χ0n) is 15.6. The second-order valence-corrected chi connectivity index (χ2v) is 8.29. The topological polar surface area (TPSA) is 60.2 Å². The second-order valence-electron chi connectivity index (χ2n) is 7.02. The van der Waals surface area contributed by atoms with Gasteiger partial charge < -0.3 is 10.0 Å². The Morgan fingerprint density at radius 1 is 1.14 bits per heavy atom. The van der Waals surface area contributed by atoms with E-state index in [4.69, 9.17) is 17.0 Å². The SMILES string of the molecule is CC(C)c1ccc(N2CC(O)=C(c3nc(-c4ccccc4Cl)cs3)C2=N)cc1. The molecule has 0 spiro atoms. The molecular weight excluding hydrogens is 390 g/mol. The molecule has 142 valence electrons. The molecule has 2 N–H and O–H groups in total. The Morgan fingerprint density at radius 2 is 1.86 bits per heavy atom. The van der Waals surface area contributed by atoms with E-state index in [9.17, 15) is 5.11 Å². The highest BCUT2D eigenvalue weighted by Crippen LogP contribution is 2.36. The molecule has 1 aliphatic heterocycles. The third kappa shape index (κ3) is 3.32. The average Bonchev–Trinajstić information content (AvgIpc) is 3.26. The first-order valence-electron chi connectivity index (χ1n) is 9.05. The number of anilines is 1. The van der Waals surface area contributed by atoms with Crippen molar-refractivity contribution in [3.8, 4) is 11.3 Å². The maximum absolute atomic E-state index is 10.6. The lowest BCUT2D eigenvalue weighted by Gasteiger charge is -2.19. The van der Waals surface area contributed by atoms with E-state index >= 15 is 0 Å². The molecular formula is C22H20ClN3OS. The van der Waals surface area contributed by atoms with E-state index in [2.05, 4.69) is 31.0 Å². The Labute approximate surface area is 173 Å². The zero-order valence-corrected chi connectivity index (χ0v) is 17.2. The number of nitrogens with one attached hydrogen (secondary N) is 1. The van der Waals surface area contributed by atoms with Gasteiger partial charge in [-0.2, -0.15) is 0 Å². The number of halogens is 1. The number of aliphatic hydroxyl groups is 1. The molecule has 0 saturated carbocycles. The van der Waals surface area contributed by atoms with Gasteiger partial charge in [0, 0.05) is 21.7 Å². The second kappa shape index (κ2) is 7.41. The maximum atomic E-state index is 10.6. The fourth-order valence-corrected chi connectivity index (χ4v) is 4.36. The van der Waals surface area contributed by atoms with E-state index in [1.807, 2.05) is 41.8 Å². The smallest absolute Gasteiger partial charge is 0.139 e. The molecule has 4 nitrogen and oxygen atoms in total. The number of aromatic nitrogens is 1. The van der Waals surface area contributed by atoms with Crippen LogP contribution in [0.25, 0.3) is 16.8 Å². The minimum Gasteiger partial charge on any atom is -0.510 e. The van der Waals surface area contributed by atoms with Gasteiger partial charge in [-0.15, -0.1) is 11.3 Å². The molecule has 0 radical (unpaired) electrons. The Morgan fingerprint density at radius 3 is 2.54 bits per heavy atom. The molecule has 1 aromatic heterocycles. The fourth-order valence-electron chi connectivity index (χ4n) is 3.24. The Kier molecular flexibility index (Phi) is 4.96. The van der Waals surface area contributed by atoms with Crippen molar-refractivity contribution in [1.82, 2.24) is 4.98 Å². The zero-order chi connectivity index (χ0) is 19.8. The van der Waals surface area contributed by atoms with E-state index in [0.29, 0.717) is 21.5 Å². The van der Waals surface area contributed by atoms with Crippen LogP contribution in [0.15, 0.2) is 59.7 Å². The summed E-state index contributed by atoms with van der Waals surface area (Å²) in [5.41, 5.74) is 4.21. The summed E-state index contributed by atoms with van der Waals surface area (Å²) in [5.74, 6) is 0.876. The minimum atomic E-state index is 0.165. The van der Waals surface area contributed by atoms with Crippen LogP contribution >= 0.6 is 22.9 Å².